The van der Waals surface area contributed by atoms with E-state index >= 15 is 0 Å². The van der Waals surface area contributed by atoms with Crippen molar-refractivity contribution < 1.29 is 23.4 Å². The van der Waals surface area contributed by atoms with E-state index in [0.29, 0.717) is 0 Å². The third-order valence-corrected chi connectivity index (χ3v) is 4.47. The molecule has 1 aromatic rings. The molecule has 7 heteroatoms. The molecule has 0 radical (unpaired) electrons. The summed E-state index contributed by atoms with van der Waals surface area (Å²) in [5, 5.41) is 17.8. The Morgan fingerprint density at radius 2 is 1.94 bits per heavy atom. The van der Waals surface area contributed by atoms with Crippen molar-refractivity contribution in [3.05, 3.63) is 29.8 Å². The lowest BCUT2D eigenvalue weighted by molar-refractivity contribution is 0.0692. The summed E-state index contributed by atoms with van der Waals surface area (Å²) in [5.41, 5.74) is -0.270. The maximum atomic E-state index is 12.2. The summed E-state index contributed by atoms with van der Waals surface area (Å²) in [5.74, 6) is -1.30. The molecule has 0 saturated heterocycles. The van der Waals surface area contributed by atoms with Crippen LogP contribution < -0.4 is 0 Å². The van der Waals surface area contributed by atoms with Crippen LogP contribution in [0.3, 0.4) is 0 Å². The van der Waals surface area contributed by atoms with Crippen LogP contribution in [-0.2, 0) is 10.0 Å². The topological polar surface area (TPSA) is 94.9 Å². The molecule has 0 atom stereocenters. The zero-order chi connectivity index (χ0) is 13.8. The first kappa shape index (κ1) is 14.6. The molecule has 0 aliphatic rings. The van der Waals surface area contributed by atoms with Crippen molar-refractivity contribution >= 4 is 16.0 Å². The van der Waals surface area contributed by atoms with Crippen LogP contribution in [0.1, 0.15) is 17.3 Å². The highest BCUT2D eigenvalue weighted by atomic mass is 32.2. The maximum absolute atomic E-state index is 12.2. The van der Waals surface area contributed by atoms with Gasteiger partial charge in [0.25, 0.3) is 0 Å². The molecule has 18 heavy (non-hydrogen) atoms. The molecule has 0 heterocycles. The second kappa shape index (κ2) is 5.94. The molecule has 0 aromatic heterocycles. The first-order chi connectivity index (χ1) is 8.45. The summed E-state index contributed by atoms with van der Waals surface area (Å²) in [6, 6.07) is 5.41. The van der Waals surface area contributed by atoms with Crippen molar-refractivity contribution in [1.29, 1.82) is 0 Å². The Bertz CT molecular complexity index is 526. The molecular formula is C11H15NO5S. The lowest BCUT2D eigenvalue weighted by Gasteiger charge is -2.20. The molecule has 2 N–H and O–H groups in total. The Balaban J connectivity index is 3.32. The van der Waals surface area contributed by atoms with Gasteiger partial charge in [-0.2, -0.15) is 4.31 Å². The van der Waals surface area contributed by atoms with Crippen molar-refractivity contribution in [3.63, 3.8) is 0 Å². The predicted molar refractivity (Wildman–Crippen MR) is 64.9 cm³/mol. The van der Waals surface area contributed by atoms with Gasteiger partial charge < -0.3 is 10.2 Å². The summed E-state index contributed by atoms with van der Waals surface area (Å²) in [6.45, 7) is 1.41. The second-order valence-corrected chi connectivity index (χ2v) is 5.43. The van der Waals surface area contributed by atoms with E-state index in [-0.39, 0.29) is 30.2 Å². The van der Waals surface area contributed by atoms with Gasteiger partial charge in [-0.3, -0.25) is 0 Å². The fourth-order valence-electron chi connectivity index (χ4n) is 1.57. The number of carbonyl (C=O) groups is 1. The fraction of sp³-hybridized carbons (Fsp3) is 0.364. The Morgan fingerprint density at radius 1 is 1.33 bits per heavy atom. The van der Waals surface area contributed by atoms with E-state index in [1.807, 2.05) is 0 Å². The van der Waals surface area contributed by atoms with E-state index in [2.05, 4.69) is 0 Å². The van der Waals surface area contributed by atoms with Crippen molar-refractivity contribution in [2.45, 2.75) is 11.8 Å². The Morgan fingerprint density at radius 3 is 2.44 bits per heavy atom. The van der Waals surface area contributed by atoms with Gasteiger partial charge in [-0.15, -0.1) is 0 Å². The number of carboxylic acids is 1. The summed E-state index contributed by atoms with van der Waals surface area (Å²) in [7, 11) is -3.90. The number of rotatable bonds is 6. The molecule has 1 rings (SSSR count). The van der Waals surface area contributed by atoms with E-state index < -0.39 is 16.0 Å². The third-order valence-electron chi connectivity index (χ3n) is 2.44. The molecular weight excluding hydrogens is 258 g/mol. The molecule has 0 spiro atoms. The number of aliphatic hydroxyl groups is 1. The molecule has 100 valence electrons. The van der Waals surface area contributed by atoms with Crippen LogP contribution in [0.15, 0.2) is 29.2 Å². The van der Waals surface area contributed by atoms with Gasteiger partial charge >= 0.3 is 5.97 Å². The zero-order valence-electron chi connectivity index (χ0n) is 9.91. The minimum Gasteiger partial charge on any atom is -0.478 e. The normalized spacial score (nSPS) is 11.7. The van der Waals surface area contributed by atoms with Crippen LogP contribution in [0.5, 0.6) is 0 Å². The van der Waals surface area contributed by atoms with Gasteiger partial charge in [-0.25, -0.2) is 13.2 Å². The number of aliphatic hydroxyl groups excluding tert-OH is 1. The molecule has 0 bridgehead atoms. The average molecular weight is 273 g/mol. The molecule has 0 amide bonds. The van der Waals surface area contributed by atoms with Crippen molar-refractivity contribution in [3.8, 4) is 0 Å². The highest BCUT2D eigenvalue weighted by Gasteiger charge is 2.27. The van der Waals surface area contributed by atoms with Crippen LogP contribution in [0.25, 0.3) is 0 Å². The van der Waals surface area contributed by atoms with E-state index in [1.165, 1.54) is 24.3 Å². The number of hydrogen-bond acceptors (Lipinski definition) is 4. The predicted octanol–water partition coefficient (Wildman–Crippen LogP) is 0.388. The van der Waals surface area contributed by atoms with E-state index in [9.17, 15) is 13.2 Å². The van der Waals surface area contributed by atoms with E-state index in [4.69, 9.17) is 10.2 Å². The summed E-state index contributed by atoms with van der Waals surface area (Å²) >= 11 is 0. The van der Waals surface area contributed by atoms with Gasteiger partial charge in [-0.05, 0) is 12.1 Å². The Kier molecular flexibility index (Phi) is 4.83. The highest BCUT2D eigenvalue weighted by Crippen LogP contribution is 2.19. The smallest absolute Gasteiger partial charge is 0.337 e. The average Bonchev–Trinajstić information content (AvgIpc) is 2.35. The first-order valence-corrected chi connectivity index (χ1v) is 6.82. The summed E-state index contributed by atoms with van der Waals surface area (Å²) in [6.07, 6.45) is 0. The number of hydrogen-bond donors (Lipinski definition) is 2. The van der Waals surface area contributed by atoms with Crippen LogP contribution in [0, 0.1) is 0 Å². The van der Waals surface area contributed by atoms with Gasteiger partial charge in [0.1, 0.15) is 0 Å². The minimum atomic E-state index is -3.90. The zero-order valence-corrected chi connectivity index (χ0v) is 10.7. The third kappa shape index (κ3) is 2.87. The number of sulfonamides is 1. The van der Waals surface area contributed by atoms with Crippen LogP contribution in [0.4, 0.5) is 0 Å². The van der Waals surface area contributed by atoms with E-state index in [0.717, 1.165) is 4.31 Å². The monoisotopic (exact) mass is 273 g/mol. The van der Waals surface area contributed by atoms with Crippen molar-refractivity contribution in [1.82, 2.24) is 4.31 Å². The van der Waals surface area contributed by atoms with Crippen LogP contribution in [-0.4, -0.2) is 48.6 Å². The quantitative estimate of drug-likeness (QED) is 0.781. The standard InChI is InChI=1S/C11H15NO5S/c1-2-12(7-8-13)18(16,17)10-6-4-3-5-9(10)11(14)15/h3-6,13H,2,7-8H2,1H3,(H,14,15). The Labute approximate surface area is 106 Å². The van der Waals surface area contributed by atoms with E-state index in [1.54, 1.807) is 6.92 Å². The maximum Gasteiger partial charge on any atom is 0.337 e. The van der Waals surface area contributed by atoms with Crippen LogP contribution >= 0.6 is 0 Å². The molecule has 0 saturated carbocycles. The SMILES string of the molecule is CCN(CCO)S(=O)(=O)c1ccccc1C(=O)O. The minimum absolute atomic E-state index is 0.0627. The molecule has 0 aliphatic carbocycles. The number of carboxylic acid groups (broad SMARTS) is 1. The molecule has 0 aliphatic heterocycles. The molecule has 0 fully saturated rings. The lowest BCUT2D eigenvalue weighted by Crippen LogP contribution is -2.34. The number of aromatic carboxylic acids is 1. The van der Waals surface area contributed by atoms with Crippen LogP contribution in [0.2, 0.25) is 0 Å². The highest BCUT2D eigenvalue weighted by molar-refractivity contribution is 7.89. The van der Waals surface area contributed by atoms with Gasteiger partial charge in [0.2, 0.25) is 10.0 Å². The molecule has 0 unspecified atom stereocenters. The van der Waals surface area contributed by atoms with Gasteiger partial charge in [0.05, 0.1) is 17.1 Å². The van der Waals surface area contributed by atoms with Crippen molar-refractivity contribution in [2.24, 2.45) is 0 Å². The second-order valence-electron chi connectivity index (χ2n) is 3.52. The summed E-state index contributed by atoms with van der Waals surface area (Å²) < 4.78 is 25.5. The molecule has 6 nitrogen and oxygen atoms in total. The molecule has 1 aromatic carbocycles. The van der Waals surface area contributed by atoms with Gasteiger partial charge in [0, 0.05) is 13.1 Å². The lowest BCUT2D eigenvalue weighted by atomic mass is 10.2. The number of benzene rings is 1. The first-order valence-electron chi connectivity index (χ1n) is 5.38. The van der Waals surface area contributed by atoms with Gasteiger partial charge in [-0.1, -0.05) is 19.1 Å². The van der Waals surface area contributed by atoms with Crippen molar-refractivity contribution in [2.75, 3.05) is 19.7 Å². The largest absolute Gasteiger partial charge is 0.478 e. The van der Waals surface area contributed by atoms with Gasteiger partial charge in [0.15, 0.2) is 0 Å². The number of nitrogens with zero attached hydrogens (tertiary/aromatic N) is 1. The Hall–Kier alpha value is -1.44. The fourth-order valence-corrected chi connectivity index (χ4v) is 3.19. The summed E-state index contributed by atoms with van der Waals surface area (Å²) in [4.78, 5) is 10.7. The number of likely N-dealkylation sites (N-methyl/N-ethyl adjacent to an activating group) is 1.